The average molecular weight is 491 g/mol. The van der Waals surface area contributed by atoms with Crippen molar-refractivity contribution in [3.05, 3.63) is 107 Å². The number of amides is 2. The highest BCUT2D eigenvalue weighted by Gasteiger charge is 2.25. The molecule has 37 heavy (non-hydrogen) atoms. The molecule has 6 heteroatoms. The Morgan fingerprint density at radius 2 is 1.78 bits per heavy atom. The summed E-state index contributed by atoms with van der Waals surface area (Å²) in [6, 6.07) is 25.5. The summed E-state index contributed by atoms with van der Waals surface area (Å²) >= 11 is 0. The molecular formula is C31H30N4O2. The maximum Gasteiger partial charge on any atom is 0.256 e. The van der Waals surface area contributed by atoms with Crippen LogP contribution in [0, 0.1) is 6.92 Å². The molecule has 0 spiro atoms. The Morgan fingerprint density at radius 3 is 2.51 bits per heavy atom. The van der Waals surface area contributed by atoms with Crippen LogP contribution in [-0.4, -0.2) is 37.4 Å². The quantitative estimate of drug-likeness (QED) is 0.387. The molecule has 6 nitrogen and oxygen atoms in total. The van der Waals surface area contributed by atoms with E-state index < -0.39 is 0 Å². The van der Waals surface area contributed by atoms with E-state index in [-0.39, 0.29) is 18.2 Å². The minimum absolute atomic E-state index is 0.0254. The molecule has 3 aromatic carbocycles. The minimum Gasteiger partial charge on any atom is -0.378 e. The average Bonchev–Trinajstić information content (AvgIpc) is 3.33. The van der Waals surface area contributed by atoms with E-state index in [1.165, 1.54) is 5.56 Å². The van der Waals surface area contributed by atoms with Gasteiger partial charge in [-0.3, -0.25) is 14.6 Å². The highest BCUT2D eigenvalue weighted by atomic mass is 16.2. The summed E-state index contributed by atoms with van der Waals surface area (Å²) < 4.78 is 0. The lowest BCUT2D eigenvalue weighted by Gasteiger charge is -2.18. The lowest BCUT2D eigenvalue weighted by molar-refractivity contribution is -0.117. The summed E-state index contributed by atoms with van der Waals surface area (Å²) in [4.78, 5) is 34.5. The number of hydrogen-bond donors (Lipinski definition) is 1. The first-order chi connectivity index (χ1) is 17.9. The zero-order valence-corrected chi connectivity index (χ0v) is 21.4. The van der Waals surface area contributed by atoms with Crippen LogP contribution in [0.4, 0.5) is 17.1 Å². The topological polar surface area (TPSA) is 65.5 Å². The van der Waals surface area contributed by atoms with Gasteiger partial charge in [0.15, 0.2) is 0 Å². The molecule has 5 rings (SSSR count). The molecule has 186 valence electrons. The molecule has 0 fully saturated rings. The van der Waals surface area contributed by atoms with Gasteiger partial charge >= 0.3 is 0 Å². The van der Waals surface area contributed by atoms with Crippen LogP contribution >= 0.6 is 0 Å². The smallest absolute Gasteiger partial charge is 0.256 e. The molecule has 0 saturated carbocycles. The van der Waals surface area contributed by atoms with Gasteiger partial charge in [-0.25, -0.2) is 0 Å². The van der Waals surface area contributed by atoms with E-state index in [1.807, 2.05) is 97.5 Å². The Labute approximate surface area is 217 Å². The SMILES string of the molecule is Cc1ccc(-c2ccc(N(C)C)cc2C(=O)Nc2ccc3c(c2)CCN3C(=O)Cc2ccccn2)cc1. The maximum absolute atomic E-state index is 13.5. The highest BCUT2D eigenvalue weighted by molar-refractivity contribution is 6.09. The van der Waals surface area contributed by atoms with Crippen LogP contribution in [0.5, 0.6) is 0 Å². The van der Waals surface area contributed by atoms with Gasteiger partial charge in [-0.05, 0) is 72.5 Å². The van der Waals surface area contributed by atoms with Gasteiger partial charge in [0.05, 0.1) is 6.42 Å². The zero-order chi connectivity index (χ0) is 25.9. The molecule has 4 aromatic rings. The second-order valence-corrected chi connectivity index (χ2v) is 9.58. The Kier molecular flexibility index (Phi) is 6.73. The third-order valence-electron chi connectivity index (χ3n) is 6.72. The summed E-state index contributed by atoms with van der Waals surface area (Å²) in [5.74, 6) is -0.141. The van der Waals surface area contributed by atoms with Gasteiger partial charge < -0.3 is 15.1 Å². The van der Waals surface area contributed by atoms with Gasteiger partial charge in [-0.2, -0.15) is 0 Å². The zero-order valence-electron chi connectivity index (χ0n) is 21.4. The second-order valence-electron chi connectivity index (χ2n) is 9.58. The molecule has 1 aromatic heterocycles. The van der Waals surface area contributed by atoms with Crippen molar-refractivity contribution in [3.63, 3.8) is 0 Å². The van der Waals surface area contributed by atoms with Gasteiger partial charge in [-0.1, -0.05) is 42.0 Å². The van der Waals surface area contributed by atoms with Crippen LogP contribution in [0.1, 0.15) is 27.2 Å². The number of rotatable bonds is 6. The van der Waals surface area contributed by atoms with Gasteiger partial charge in [0.2, 0.25) is 5.91 Å². The van der Waals surface area contributed by atoms with Gasteiger partial charge in [-0.15, -0.1) is 0 Å². The number of benzene rings is 3. The summed E-state index contributed by atoms with van der Waals surface area (Å²) in [6.45, 7) is 2.68. The van der Waals surface area contributed by atoms with E-state index in [4.69, 9.17) is 0 Å². The molecule has 2 heterocycles. The first kappa shape index (κ1) is 24.3. The summed E-state index contributed by atoms with van der Waals surface area (Å²) in [6.07, 6.45) is 2.72. The highest BCUT2D eigenvalue weighted by Crippen LogP contribution is 2.32. The van der Waals surface area contributed by atoms with Crippen molar-refractivity contribution < 1.29 is 9.59 Å². The lowest BCUT2D eigenvalue weighted by atomic mass is 9.97. The second kappa shape index (κ2) is 10.3. The number of carbonyl (C=O) groups excluding carboxylic acids is 2. The van der Waals surface area contributed by atoms with Crippen molar-refractivity contribution in [1.82, 2.24) is 4.98 Å². The number of carbonyl (C=O) groups is 2. The molecular weight excluding hydrogens is 460 g/mol. The number of fused-ring (bicyclic) bond motifs is 1. The molecule has 0 saturated heterocycles. The van der Waals surface area contributed by atoms with Crippen LogP contribution in [-0.2, 0) is 17.6 Å². The first-order valence-electron chi connectivity index (χ1n) is 12.4. The first-order valence-corrected chi connectivity index (χ1v) is 12.4. The predicted octanol–water partition coefficient (Wildman–Crippen LogP) is 5.51. The Morgan fingerprint density at radius 1 is 0.973 bits per heavy atom. The van der Waals surface area contributed by atoms with E-state index in [2.05, 4.69) is 22.4 Å². The fourth-order valence-corrected chi connectivity index (χ4v) is 4.67. The minimum atomic E-state index is -0.166. The van der Waals surface area contributed by atoms with Gasteiger partial charge in [0, 0.05) is 55.2 Å². The number of nitrogens with one attached hydrogen (secondary N) is 1. The molecule has 1 N–H and O–H groups in total. The van der Waals surface area contributed by atoms with Crippen molar-refractivity contribution in [1.29, 1.82) is 0 Å². The van der Waals surface area contributed by atoms with E-state index in [0.717, 1.165) is 40.2 Å². The maximum atomic E-state index is 13.5. The van der Waals surface area contributed by atoms with E-state index in [0.29, 0.717) is 17.8 Å². The van der Waals surface area contributed by atoms with Crippen LogP contribution in [0.15, 0.2) is 85.1 Å². The normalized spacial score (nSPS) is 12.2. The lowest BCUT2D eigenvalue weighted by Crippen LogP contribution is -2.30. The van der Waals surface area contributed by atoms with E-state index in [1.54, 1.807) is 6.20 Å². The largest absolute Gasteiger partial charge is 0.378 e. The van der Waals surface area contributed by atoms with Crippen molar-refractivity contribution in [3.8, 4) is 11.1 Å². The van der Waals surface area contributed by atoms with Crippen LogP contribution in [0.3, 0.4) is 0 Å². The van der Waals surface area contributed by atoms with E-state index in [9.17, 15) is 9.59 Å². The molecule has 0 aliphatic carbocycles. The molecule has 0 radical (unpaired) electrons. The fraction of sp³-hybridized carbons (Fsp3) is 0.194. The van der Waals surface area contributed by atoms with Crippen LogP contribution < -0.4 is 15.1 Å². The van der Waals surface area contributed by atoms with Gasteiger partial charge in [0.1, 0.15) is 0 Å². The van der Waals surface area contributed by atoms with Crippen LogP contribution in [0.2, 0.25) is 0 Å². The number of pyridine rings is 1. The van der Waals surface area contributed by atoms with E-state index >= 15 is 0 Å². The monoisotopic (exact) mass is 490 g/mol. The third kappa shape index (κ3) is 5.23. The Balaban J connectivity index is 1.38. The van der Waals surface area contributed by atoms with Crippen molar-refractivity contribution >= 4 is 28.9 Å². The van der Waals surface area contributed by atoms with Crippen molar-refractivity contribution in [2.75, 3.05) is 35.8 Å². The molecule has 2 amide bonds. The number of nitrogens with zero attached hydrogens (tertiary/aromatic N) is 3. The van der Waals surface area contributed by atoms with Gasteiger partial charge in [0.25, 0.3) is 5.91 Å². The van der Waals surface area contributed by atoms with Crippen LogP contribution in [0.25, 0.3) is 11.1 Å². The van der Waals surface area contributed by atoms with Crippen molar-refractivity contribution in [2.24, 2.45) is 0 Å². The summed E-state index contributed by atoms with van der Waals surface area (Å²) in [5, 5.41) is 3.09. The number of aryl methyl sites for hydroxylation is 1. The number of hydrogen-bond acceptors (Lipinski definition) is 4. The number of anilines is 3. The summed E-state index contributed by atoms with van der Waals surface area (Å²) in [5.41, 5.74) is 8.04. The molecule has 0 bridgehead atoms. The predicted molar refractivity (Wildman–Crippen MR) is 149 cm³/mol. The fourth-order valence-electron chi connectivity index (χ4n) is 4.67. The van der Waals surface area contributed by atoms with Crippen molar-refractivity contribution in [2.45, 2.75) is 19.8 Å². The molecule has 1 aliphatic heterocycles. The Bertz CT molecular complexity index is 1450. The number of aromatic nitrogens is 1. The molecule has 1 aliphatic rings. The summed E-state index contributed by atoms with van der Waals surface area (Å²) in [7, 11) is 3.92. The molecule has 0 unspecified atom stereocenters. The standard InChI is InChI=1S/C31H30N4O2/c1-21-7-9-22(10-8-21)27-13-12-26(34(2)3)20-28(27)31(37)33-25-11-14-29-23(18-25)15-17-35(29)30(36)19-24-6-4-5-16-32-24/h4-14,16,18,20H,15,17,19H2,1-3H3,(H,33,37). The Hall–Kier alpha value is -4.45. The third-order valence-corrected chi connectivity index (χ3v) is 6.72. The molecule has 0 atom stereocenters.